The zero-order valence-corrected chi connectivity index (χ0v) is 8.02. The van der Waals surface area contributed by atoms with Crippen LogP contribution < -0.4 is 5.32 Å². The highest BCUT2D eigenvalue weighted by atomic mass is 16.5. The minimum atomic E-state index is -0.258. The maximum absolute atomic E-state index is 11.0. The second-order valence-corrected chi connectivity index (χ2v) is 3.49. The predicted molar refractivity (Wildman–Crippen MR) is 48.9 cm³/mol. The Morgan fingerprint density at radius 2 is 2.17 bits per heavy atom. The molecule has 0 aliphatic rings. The Balaban J connectivity index is 3.51. The smallest absolute Gasteiger partial charge is 0.246 e. The molecule has 0 radical (unpaired) electrons. The van der Waals surface area contributed by atoms with Crippen LogP contribution in [0, 0.1) is 0 Å². The first-order valence-corrected chi connectivity index (χ1v) is 3.97. The maximum Gasteiger partial charge on any atom is 0.246 e. The van der Waals surface area contributed by atoms with Gasteiger partial charge >= 0.3 is 0 Å². The molecule has 3 heteroatoms. The van der Waals surface area contributed by atoms with Crippen molar-refractivity contribution in [1.82, 2.24) is 5.32 Å². The molecule has 0 saturated carbocycles. The first-order chi connectivity index (χ1) is 5.45. The largest absolute Gasteiger partial charge is 0.366 e. The van der Waals surface area contributed by atoms with Gasteiger partial charge in [-0.05, 0) is 20.8 Å². The lowest BCUT2D eigenvalue weighted by molar-refractivity contribution is -0.130. The van der Waals surface area contributed by atoms with E-state index in [1.165, 1.54) is 0 Å². The van der Waals surface area contributed by atoms with Gasteiger partial charge in [-0.2, -0.15) is 0 Å². The van der Waals surface area contributed by atoms with E-state index in [2.05, 4.69) is 11.9 Å². The molecule has 1 amide bonds. The van der Waals surface area contributed by atoms with Crippen LogP contribution in [0.5, 0.6) is 0 Å². The van der Waals surface area contributed by atoms with Gasteiger partial charge < -0.3 is 10.1 Å². The van der Waals surface area contributed by atoms with Crippen molar-refractivity contribution in [3.05, 3.63) is 12.7 Å². The molecule has 0 unspecified atom stereocenters. The van der Waals surface area contributed by atoms with Crippen molar-refractivity contribution in [2.45, 2.75) is 26.4 Å². The molecule has 0 aliphatic carbocycles. The number of ether oxygens (including phenoxy) is 1. The number of nitrogens with one attached hydrogen (secondary N) is 1. The van der Waals surface area contributed by atoms with E-state index in [0.29, 0.717) is 6.54 Å². The van der Waals surface area contributed by atoms with Gasteiger partial charge in [-0.15, -0.1) is 6.58 Å². The van der Waals surface area contributed by atoms with E-state index in [4.69, 9.17) is 4.74 Å². The van der Waals surface area contributed by atoms with E-state index in [0.717, 1.165) is 0 Å². The number of carbonyl (C=O) groups excluding carboxylic acids is 1. The second-order valence-electron chi connectivity index (χ2n) is 3.49. The minimum Gasteiger partial charge on any atom is -0.366 e. The Hall–Kier alpha value is -0.830. The van der Waals surface area contributed by atoms with Gasteiger partial charge in [0.25, 0.3) is 0 Å². The Morgan fingerprint density at radius 1 is 1.58 bits per heavy atom. The van der Waals surface area contributed by atoms with Crippen LogP contribution in [0.1, 0.15) is 20.8 Å². The van der Waals surface area contributed by atoms with Crippen molar-refractivity contribution in [1.29, 1.82) is 0 Å². The van der Waals surface area contributed by atoms with Crippen molar-refractivity contribution in [2.24, 2.45) is 0 Å². The second kappa shape index (κ2) is 4.93. The fourth-order valence-electron chi connectivity index (χ4n) is 0.519. The molecule has 0 fully saturated rings. The Labute approximate surface area is 73.8 Å². The fraction of sp³-hybridized carbons (Fsp3) is 0.667. The lowest BCUT2D eigenvalue weighted by Gasteiger charge is -2.18. The highest BCUT2D eigenvalue weighted by Gasteiger charge is 2.11. The molecule has 0 atom stereocenters. The molecule has 0 saturated heterocycles. The van der Waals surface area contributed by atoms with Gasteiger partial charge in [-0.1, -0.05) is 6.08 Å². The molecular weight excluding hydrogens is 154 g/mol. The van der Waals surface area contributed by atoms with Gasteiger partial charge in [0.05, 0.1) is 5.60 Å². The summed E-state index contributed by atoms with van der Waals surface area (Å²) in [6, 6.07) is 0. The summed E-state index contributed by atoms with van der Waals surface area (Å²) in [5.41, 5.74) is -0.258. The van der Waals surface area contributed by atoms with E-state index in [9.17, 15) is 4.79 Å². The van der Waals surface area contributed by atoms with Crippen molar-refractivity contribution in [2.75, 3.05) is 13.2 Å². The van der Waals surface area contributed by atoms with E-state index in [1.54, 1.807) is 6.08 Å². The number of hydrogen-bond donors (Lipinski definition) is 1. The summed E-state index contributed by atoms with van der Waals surface area (Å²) in [6.45, 7) is 9.82. The molecular formula is C9H17NO2. The van der Waals surface area contributed by atoms with Crippen LogP contribution in [-0.4, -0.2) is 24.7 Å². The van der Waals surface area contributed by atoms with Gasteiger partial charge in [0.1, 0.15) is 6.61 Å². The molecule has 0 aromatic rings. The first-order valence-electron chi connectivity index (χ1n) is 3.97. The van der Waals surface area contributed by atoms with Gasteiger partial charge in [-0.3, -0.25) is 4.79 Å². The normalized spacial score (nSPS) is 10.9. The van der Waals surface area contributed by atoms with Gasteiger partial charge in [-0.25, -0.2) is 0 Å². The zero-order valence-electron chi connectivity index (χ0n) is 8.02. The molecule has 0 rings (SSSR count). The van der Waals surface area contributed by atoms with Crippen molar-refractivity contribution >= 4 is 5.91 Å². The Bertz CT molecular complexity index is 158. The summed E-state index contributed by atoms with van der Waals surface area (Å²) in [5, 5.41) is 2.62. The summed E-state index contributed by atoms with van der Waals surface area (Å²) < 4.78 is 5.24. The molecule has 0 spiro atoms. The molecule has 70 valence electrons. The summed E-state index contributed by atoms with van der Waals surface area (Å²) >= 11 is 0. The van der Waals surface area contributed by atoms with Gasteiger partial charge in [0, 0.05) is 6.54 Å². The summed E-state index contributed by atoms with van der Waals surface area (Å²) in [7, 11) is 0. The molecule has 0 heterocycles. The monoisotopic (exact) mass is 171 g/mol. The van der Waals surface area contributed by atoms with E-state index in [1.807, 2.05) is 20.8 Å². The predicted octanol–water partition coefficient (Wildman–Crippen LogP) is 1.10. The summed E-state index contributed by atoms with van der Waals surface area (Å²) in [5.74, 6) is -0.107. The van der Waals surface area contributed by atoms with E-state index >= 15 is 0 Å². The third kappa shape index (κ3) is 7.28. The molecule has 12 heavy (non-hydrogen) atoms. The summed E-state index contributed by atoms with van der Waals surface area (Å²) in [6.07, 6.45) is 1.63. The average Bonchev–Trinajstić information content (AvgIpc) is 1.95. The molecule has 1 N–H and O–H groups in total. The van der Waals surface area contributed by atoms with E-state index in [-0.39, 0.29) is 18.1 Å². The quantitative estimate of drug-likeness (QED) is 0.643. The fourth-order valence-corrected chi connectivity index (χ4v) is 0.519. The van der Waals surface area contributed by atoms with Crippen LogP contribution in [0.25, 0.3) is 0 Å². The standard InChI is InChI=1S/C9H17NO2/c1-5-6-10-8(11)7-12-9(2,3)4/h5H,1,6-7H2,2-4H3,(H,10,11). The van der Waals surface area contributed by atoms with Crippen LogP contribution in [0.4, 0.5) is 0 Å². The SMILES string of the molecule is C=CCNC(=O)COC(C)(C)C. The van der Waals surface area contributed by atoms with Crippen LogP contribution in [-0.2, 0) is 9.53 Å². The molecule has 0 bridgehead atoms. The lowest BCUT2D eigenvalue weighted by atomic mass is 10.2. The van der Waals surface area contributed by atoms with E-state index < -0.39 is 0 Å². The lowest BCUT2D eigenvalue weighted by Crippen LogP contribution is -2.32. The Morgan fingerprint density at radius 3 is 2.58 bits per heavy atom. The average molecular weight is 171 g/mol. The van der Waals surface area contributed by atoms with Crippen LogP contribution in [0.3, 0.4) is 0 Å². The Kier molecular flexibility index (Phi) is 4.59. The third-order valence-corrected chi connectivity index (χ3v) is 1.08. The molecule has 3 nitrogen and oxygen atoms in total. The van der Waals surface area contributed by atoms with Gasteiger partial charge in [0.15, 0.2) is 0 Å². The minimum absolute atomic E-state index is 0.107. The number of amides is 1. The van der Waals surface area contributed by atoms with Gasteiger partial charge in [0.2, 0.25) is 5.91 Å². The molecule has 0 aromatic carbocycles. The van der Waals surface area contributed by atoms with Crippen molar-refractivity contribution in [3.63, 3.8) is 0 Å². The first kappa shape index (κ1) is 11.2. The number of rotatable bonds is 4. The zero-order chi connectivity index (χ0) is 9.61. The number of hydrogen-bond acceptors (Lipinski definition) is 2. The molecule has 0 aromatic heterocycles. The van der Waals surface area contributed by atoms with Crippen molar-refractivity contribution < 1.29 is 9.53 Å². The summed E-state index contributed by atoms with van der Waals surface area (Å²) in [4.78, 5) is 11.0. The van der Waals surface area contributed by atoms with Crippen LogP contribution in [0.15, 0.2) is 12.7 Å². The topological polar surface area (TPSA) is 38.3 Å². The third-order valence-electron chi connectivity index (χ3n) is 1.08. The molecule has 0 aliphatic heterocycles. The highest BCUT2D eigenvalue weighted by molar-refractivity contribution is 5.77. The number of carbonyl (C=O) groups is 1. The highest BCUT2D eigenvalue weighted by Crippen LogP contribution is 2.05. The maximum atomic E-state index is 11.0. The van der Waals surface area contributed by atoms with Crippen LogP contribution in [0.2, 0.25) is 0 Å². The van der Waals surface area contributed by atoms with Crippen LogP contribution >= 0.6 is 0 Å². The van der Waals surface area contributed by atoms with Crippen molar-refractivity contribution in [3.8, 4) is 0 Å².